The van der Waals surface area contributed by atoms with Crippen LogP contribution >= 0.6 is 11.6 Å². The summed E-state index contributed by atoms with van der Waals surface area (Å²) in [7, 11) is 0. The predicted octanol–water partition coefficient (Wildman–Crippen LogP) is 1.75. The van der Waals surface area contributed by atoms with Gasteiger partial charge in [-0.1, -0.05) is 18.2 Å². The molecule has 0 amide bonds. The van der Waals surface area contributed by atoms with Crippen LogP contribution in [0.4, 0.5) is 0 Å². The minimum Gasteiger partial charge on any atom is -0.499 e. The van der Waals surface area contributed by atoms with Crippen molar-refractivity contribution in [2.45, 2.75) is 12.5 Å². The maximum atomic E-state index is 5.45. The van der Waals surface area contributed by atoms with E-state index in [1.54, 1.807) is 6.92 Å². The fraction of sp³-hybridized carbons (Fsp3) is 0.667. The molecule has 0 bridgehead atoms. The predicted molar refractivity (Wildman–Crippen MR) is 37.4 cm³/mol. The van der Waals surface area contributed by atoms with E-state index >= 15 is 0 Å². The lowest BCUT2D eigenvalue weighted by Gasteiger charge is -2.03. The number of halogens is 1. The monoisotopic (exact) mass is 150 g/mol. The molecule has 0 N–H and O–H groups in total. The molecule has 0 aromatic heterocycles. The van der Waals surface area contributed by atoms with Gasteiger partial charge in [0.1, 0.15) is 12.2 Å². The highest BCUT2D eigenvalue weighted by atomic mass is 35.5. The molecule has 1 atom stereocenters. The molecule has 1 unspecified atom stereocenters. The van der Waals surface area contributed by atoms with Crippen LogP contribution in [0.2, 0.25) is 0 Å². The normalized spacial score (nSPS) is 12.7. The van der Waals surface area contributed by atoms with Gasteiger partial charge in [0.15, 0.2) is 0 Å². The van der Waals surface area contributed by atoms with Crippen molar-refractivity contribution >= 4 is 11.6 Å². The Kier molecular flexibility index (Phi) is 5.78. The molecule has 0 aliphatic heterocycles. The van der Waals surface area contributed by atoms with Gasteiger partial charge in [0.25, 0.3) is 0 Å². The molecule has 0 aliphatic rings. The summed E-state index contributed by atoms with van der Waals surface area (Å²) in [4.78, 5) is 0. The van der Waals surface area contributed by atoms with Crippen LogP contribution in [-0.4, -0.2) is 18.8 Å². The Balaban J connectivity index is 2.82. The highest BCUT2D eigenvalue weighted by Gasteiger charge is 1.92. The molecule has 3 heteroatoms. The first-order chi connectivity index (χ1) is 4.27. The van der Waals surface area contributed by atoms with Crippen LogP contribution in [0, 0.1) is 0 Å². The van der Waals surface area contributed by atoms with Crippen molar-refractivity contribution in [1.29, 1.82) is 0 Å². The standard InChI is InChI=1S/C6H11ClO2/c1-3-8-4-5-9-6(2)7/h3,6H,1,4-5H2,2H3. The second kappa shape index (κ2) is 5.92. The number of hydrogen-bond acceptors (Lipinski definition) is 2. The van der Waals surface area contributed by atoms with Crippen LogP contribution < -0.4 is 0 Å². The molecular formula is C6H11ClO2. The summed E-state index contributed by atoms with van der Waals surface area (Å²) in [6.45, 7) is 6.15. The average molecular weight is 151 g/mol. The van der Waals surface area contributed by atoms with Crippen molar-refractivity contribution in [3.63, 3.8) is 0 Å². The van der Waals surface area contributed by atoms with Gasteiger partial charge >= 0.3 is 0 Å². The highest BCUT2D eigenvalue weighted by molar-refractivity contribution is 6.19. The first kappa shape index (κ1) is 8.79. The second-order valence-electron chi connectivity index (χ2n) is 1.45. The van der Waals surface area contributed by atoms with E-state index in [2.05, 4.69) is 6.58 Å². The molecule has 0 aliphatic carbocycles. The van der Waals surface area contributed by atoms with Crippen LogP contribution in [0.25, 0.3) is 0 Å². The van der Waals surface area contributed by atoms with Crippen LogP contribution in [0.1, 0.15) is 6.92 Å². The van der Waals surface area contributed by atoms with E-state index in [4.69, 9.17) is 21.1 Å². The Morgan fingerprint density at radius 3 is 2.78 bits per heavy atom. The first-order valence-corrected chi connectivity index (χ1v) is 3.19. The third kappa shape index (κ3) is 7.79. The summed E-state index contributed by atoms with van der Waals surface area (Å²) in [6, 6.07) is 0. The molecule has 0 rings (SSSR count). The van der Waals surface area contributed by atoms with Crippen LogP contribution in [0.15, 0.2) is 12.8 Å². The maximum absolute atomic E-state index is 5.45. The highest BCUT2D eigenvalue weighted by Crippen LogP contribution is 1.94. The molecule has 0 radical (unpaired) electrons. The van der Waals surface area contributed by atoms with E-state index in [-0.39, 0.29) is 5.56 Å². The van der Waals surface area contributed by atoms with E-state index in [1.165, 1.54) is 6.26 Å². The SMILES string of the molecule is C=COCCOC(C)Cl. The van der Waals surface area contributed by atoms with Gasteiger partial charge in [-0.2, -0.15) is 0 Å². The molecule has 0 fully saturated rings. The smallest absolute Gasteiger partial charge is 0.128 e. The number of ether oxygens (including phenoxy) is 2. The average Bonchev–Trinajstić information content (AvgIpc) is 1.80. The van der Waals surface area contributed by atoms with Crippen LogP contribution in [0.5, 0.6) is 0 Å². The summed E-state index contributed by atoms with van der Waals surface area (Å²) in [6.07, 6.45) is 1.38. The third-order valence-corrected chi connectivity index (χ3v) is 0.793. The molecule has 0 aromatic rings. The van der Waals surface area contributed by atoms with E-state index in [1.807, 2.05) is 0 Å². The van der Waals surface area contributed by atoms with Crippen molar-refractivity contribution in [3.05, 3.63) is 12.8 Å². The topological polar surface area (TPSA) is 18.5 Å². The first-order valence-electron chi connectivity index (χ1n) is 2.75. The lowest BCUT2D eigenvalue weighted by molar-refractivity contribution is 0.0742. The fourth-order valence-electron chi connectivity index (χ4n) is 0.342. The Hall–Kier alpha value is -0.210. The molecular weight excluding hydrogens is 140 g/mol. The van der Waals surface area contributed by atoms with E-state index < -0.39 is 0 Å². The van der Waals surface area contributed by atoms with Crippen molar-refractivity contribution in [1.82, 2.24) is 0 Å². The molecule has 54 valence electrons. The molecule has 0 saturated carbocycles. The van der Waals surface area contributed by atoms with E-state index in [0.717, 1.165) is 0 Å². The van der Waals surface area contributed by atoms with Gasteiger partial charge in [-0.05, 0) is 6.92 Å². The molecule has 9 heavy (non-hydrogen) atoms. The minimum absolute atomic E-state index is 0.238. The van der Waals surface area contributed by atoms with Gasteiger partial charge in [-0.3, -0.25) is 0 Å². The van der Waals surface area contributed by atoms with Gasteiger partial charge in [0.2, 0.25) is 0 Å². The summed E-state index contributed by atoms with van der Waals surface area (Å²) < 4.78 is 9.70. The molecule has 0 aromatic carbocycles. The quantitative estimate of drug-likeness (QED) is 0.338. The fourth-order valence-corrected chi connectivity index (χ4v) is 0.431. The third-order valence-electron chi connectivity index (χ3n) is 0.667. The van der Waals surface area contributed by atoms with Gasteiger partial charge in [-0.15, -0.1) is 0 Å². The Bertz CT molecular complexity index is 73.5. The van der Waals surface area contributed by atoms with Crippen molar-refractivity contribution < 1.29 is 9.47 Å². The summed E-state index contributed by atoms with van der Waals surface area (Å²) >= 11 is 5.45. The zero-order valence-electron chi connectivity index (χ0n) is 5.47. The minimum atomic E-state index is -0.238. The van der Waals surface area contributed by atoms with Gasteiger partial charge in [-0.25, -0.2) is 0 Å². The van der Waals surface area contributed by atoms with Crippen molar-refractivity contribution in [2.24, 2.45) is 0 Å². The Labute approximate surface area is 60.4 Å². The number of alkyl halides is 1. The molecule has 0 spiro atoms. The molecule has 0 saturated heterocycles. The number of rotatable bonds is 5. The lowest BCUT2D eigenvalue weighted by atomic mass is 10.7. The second-order valence-corrected chi connectivity index (χ2v) is 2.07. The van der Waals surface area contributed by atoms with Crippen LogP contribution in [0.3, 0.4) is 0 Å². The maximum Gasteiger partial charge on any atom is 0.128 e. The van der Waals surface area contributed by atoms with Gasteiger partial charge < -0.3 is 9.47 Å². The van der Waals surface area contributed by atoms with Crippen LogP contribution in [-0.2, 0) is 9.47 Å². The Morgan fingerprint density at radius 1 is 1.67 bits per heavy atom. The summed E-state index contributed by atoms with van der Waals surface area (Å²) in [5, 5.41) is 0. The molecule has 2 nitrogen and oxygen atoms in total. The largest absolute Gasteiger partial charge is 0.499 e. The van der Waals surface area contributed by atoms with E-state index in [9.17, 15) is 0 Å². The van der Waals surface area contributed by atoms with E-state index in [0.29, 0.717) is 13.2 Å². The molecule has 0 heterocycles. The number of hydrogen-bond donors (Lipinski definition) is 0. The van der Waals surface area contributed by atoms with Crippen molar-refractivity contribution in [3.8, 4) is 0 Å². The lowest BCUT2D eigenvalue weighted by Crippen LogP contribution is -2.05. The van der Waals surface area contributed by atoms with Gasteiger partial charge in [0.05, 0.1) is 12.9 Å². The zero-order chi connectivity index (χ0) is 7.11. The van der Waals surface area contributed by atoms with Crippen molar-refractivity contribution in [2.75, 3.05) is 13.2 Å². The van der Waals surface area contributed by atoms with Gasteiger partial charge in [0, 0.05) is 0 Å². The summed E-state index contributed by atoms with van der Waals surface area (Å²) in [5.41, 5.74) is -0.238. The summed E-state index contributed by atoms with van der Waals surface area (Å²) in [5.74, 6) is 0. The Morgan fingerprint density at radius 2 is 2.33 bits per heavy atom. The zero-order valence-corrected chi connectivity index (χ0v) is 6.23.